The third-order valence-corrected chi connectivity index (χ3v) is 4.10. The van der Waals surface area contributed by atoms with E-state index in [9.17, 15) is 0 Å². The SMILES string of the molecule is S=c1[nH]nc(COc2cccc(Cl)c2Cl)n1-c1ccccc1. The van der Waals surface area contributed by atoms with Gasteiger partial charge in [0.2, 0.25) is 0 Å². The van der Waals surface area contributed by atoms with E-state index in [4.69, 9.17) is 40.2 Å². The predicted octanol–water partition coefficient (Wildman–Crippen LogP) is 4.82. The molecule has 22 heavy (non-hydrogen) atoms. The van der Waals surface area contributed by atoms with E-state index in [-0.39, 0.29) is 6.61 Å². The molecule has 0 amide bonds. The number of aromatic amines is 1. The highest BCUT2D eigenvalue weighted by Gasteiger charge is 2.11. The minimum Gasteiger partial charge on any atom is -0.484 e. The summed E-state index contributed by atoms with van der Waals surface area (Å²) < 4.78 is 8.03. The average Bonchev–Trinajstić information content (AvgIpc) is 2.90. The lowest BCUT2D eigenvalue weighted by Crippen LogP contribution is -2.06. The molecule has 0 aliphatic rings. The van der Waals surface area contributed by atoms with Gasteiger partial charge in [0.1, 0.15) is 17.4 Å². The smallest absolute Gasteiger partial charge is 0.199 e. The molecule has 0 bridgehead atoms. The Morgan fingerprint density at radius 1 is 1.09 bits per heavy atom. The Bertz CT molecular complexity index is 845. The number of rotatable bonds is 4. The van der Waals surface area contributed by atoms with Crippen molar-refractivity contribution in [2.75, 3.05) is 0 Å². The van der Waals surface area contributed by atoms with Gasteiger partial charge in [-0.1, -0.05) is 47.5 Å². The Morgan fingerprint density at radius 3 is 2.64 bits per heavy atom. The van der Waals surface area contributed by atoms with E-state index in [1.54, 1.807) is 18.2 Å². The van der Waals surface area contributed by atoms with Crippen LogP contribution in [0.2, 0.25) is 10.0 Å². The van der Waals surface area contributed by atoms with Crippen LogP contribution in [0.5, 0.6) is 5.75 Å². The molecule has 7 heteroatoms. The van der Waals surface area contributed by atoms with Crippen LogP contribution in [0.3, 0.4) is 0 Å². The van der Waals surface area contributed by atoms with E-state index in [2.05, 4.69) is 10.2 Å². The fraction of sp³-hybridized carbons (Fsp3) is 0.0667. The maximum absolute atomic E-state index is 6.11. The normalized spacial score (nSPS) is 10.6. The van der Waals surface area contributed by atoms with Gasteiger partial charge in [-0.15, -0.1) is 0 Å². The zero-order valence-electron chi connectivity index (χ0n) is 11.3. The predicted molar refractivity (Wildman–Crippen MR) is 89.5 cm³/mol. The quantitative estimate of drug-likeness (QED) is 0.685. The molecule has 0 saturated heterocycles. The van der Waals surface area contributed by atoms with Crippen molar-refractivity contribution < 1.29 is 4.74 Å². The van der Waals surface area contributed by atoms with Gasteiger partial charge in [-0.2, -0.15) is 5.10 Å². The van der Waals surface area contributed by atoms with Crippen molar-refractivity contribution >= 4 is 35.4 Å². The van der Waals surface area contributed by atoms with E-state index in [1.165, 1.54) is 0 Å². The fourth-order valence-corrected chi connectivity index (χ4v) is 2.61. The molecule has 0 saturated carbocycles. The maximum Gasteiger partial charge on any atom is 0.199 e. The molecule has 3 aromatic rings. The number of para-hydroxylation sites is 1. The van der Waals surface area contributed by atoms with Crippen LogP contribution in [0.1, 0.15) is 5.82 Å². The first kappa shape index (κ1) is 15.1. The van der Waals surface area contributed by atoms with Crippen molar-refractivity contribution in [3.05, 3.63) is 69.2 Å². The summed E-state index contributed by atoms with van der Waals surface area (Å²) >= 11 is 17.4. The molecule has 0 aliphatic carbocycles. The van der Waals surface area contributed by atoms with Gasteiger partial charge in [0, 0.05) is 5.69 Å². The molecule has 0 fully saturated rings. The zero-order valence-corrected chi connectivity index (χ0v) is 13.6. The Kier molecular flexibility index (Phi) is 4.47. The molecule has 0 radical (unpaired) electrons. The summed E-state index contributed by atoms with van der Waals surface area (Å²) in [4.78, 5) is 0. The molecule has 2 aromatic carbocycles. The van der Waals surface area contributed by atoms with Crippen LogP contribution in [0.4, 0.5) is 0 Å². The van der Waals surface area contributed by atoms with Crippen molar-refractivity contribution in [2.45, 2.75) is 6.61 Å². The topological polar surface area (TPSA) is 42.8 Å². The molecule has 0 aliphatic heterocycles. The van der Waals surface area contributed by atoms with Gasteiger partial charge in [0.05, 0.1) is 5.02 Å². The number of ether oxygens (including phenoxy) is 1. The van der Waals surface area contributed by atoms with Crippen molar-refractivity contribution in [2.24, 2.45) is 0 Å². The van der Waals surface area contributed by atoms with Gasteiger partial charge < -0.3 is 4.74 Å². The van der Waals surface area contributed by atoms with Crippen LogP contribution in [0.15, 0.2) is 48.5 Å². The van der Waals surface area contributed by atoms with Crippen molar-refractivity contribution in [1.29, 1.82) is 0 Å². The molecule has 1 aromatic heterocycles. The van der Waals surface area contributed by atoms with Crippen LogP contribution < -0.4 is 4.74 Å². The number of H-pyrrole nitrogens is 1. The van der Waals surface area contributed by atoms with Gasteiger partial charge in [0.15, 0.2) is 10.6 Å². The average molecular weight is 352 g/mol. The highest BCUT2D eigenvalue weighted by molar-refractivity contribution is 7.71. The third-order valence-electron chi connectivity index (χ3n) is 3.03. The Balaban J connectivity index is 1.88. The van der Waals surface area contributed by atoms with Crippen LogP contribution in [-0.4, -0.2) is 14.8 Å². The first-order valence-electron chi connectivity index (χ1n) is 6.45. The first-order valence-corrected chi connectivity index (χ1v) is 7.62. The lowest BCUT2D eigenvalue weighted by atomic mass is 10.3. The lowest BCUT2D eigenvalue weighted by Gasteiger charge is -2.10. The second kappa shape index (κ2) is 6.52. The minimum absolute atomic E-state index is 0.210. The number of nitrogens with zero attached hydrogens (tertiary/aromatic N) is 2. The summed E-state index contributed by atoms with van der Waals surface area (Å²) in [5.41, 5.74) is 0.914. The summed E-state index contributed by atoms with van der Waals surface area (Å²) in [7, 11) is 0. The summed E-state index contributed by atoms with van der Waals surface area (Å²) in [6.07, 6.45) is 0. The van der Waals surface area contributed by atoms with Crippen molar-refractivity contribution in [3.63, 3.8) is 0 Å². The Hall–Kier alpha value is -1.82. The number of benzene rings is 2. The molecule has 1 N–H and O–H groups in total. The third kappa shape index (κ3) is 3.02. The van der Waals surface area contributed by atoms with Crippen LogP contribution in [-0.2, 0) is 6.61 Å². The molecule has 1 heterocycles. The van der Waals surface area contributed by atoms with E-state index in [0.29, 0.717) is 26.4 Å². The zero-order chi connectivity index (χ0) is 15.5. The molecule has 4 nitrogen and oxygen atoms in total. The minimum atomic E-state index is 0.210. The number of halogens is 2. The Morgan fingerprint density at radius 2 is 1.86 bits per heavy atom. The molecule has 0 spiro atoms. The molecule has 112 valence electrons. The second-order valence-corrected chi connectivity index (χ2v) is 5.63. The van der Waals surface area contributed by atoms with Gasteiger partial charge in [0.25, 0.3) is 0 Å². The number of nitrogens with one attached hydrogen (secondary N) is 1. The van der Waals surface area contributed by atoms with Crippen molar-refractivity contribution in [3.8, 4) is 11.4 Å². The molecular formula is C15H11Cl2N3OS. The number of hydrogen-bond acceptors (Lipinski definition) is 3. The van der Waals surface area contributed by atoms with E-state index < -0.39 is 0 Å². The maximum atomic E-state index is 6.11. The summed E-state index contributed by atoms with van der Waals surface area (Å²) in [5, 5.41) is 7.80. The molecular weight excluding hydrogens is 341 g/mol. The van der Waals surface area contributed by atoms with E-state index >= 15 is 0 Å². The summed E-state index contributed by atoms with van der Waals surface area (Å²) in [6, 6.07) is 14.9. The summed E-state index contributed by atoms with van der Waals surface area (Å²) in [6.45, 7) is 0.210. The monoisotopic (exact) mass is 351 g/mol. The lowest BCUT2D eigenvalue weighted by molar-refractivity contribution is 0.293. The molecule has 3 rings (SSSR count). The number of hydrogen-bond donors (Lipinski definition) is 1. The van der Waals surface area contributed by atoms with E-state index in [0.717, 1.165) is 5.69 Å². The van der Waals surface area contributed by atoms with Gasteiger partial charge in [-0.05, 0) is 36.5 Å². The van der Waals surface area contributed by atoms with Gasteiger partial charge >= 0.3 is 0 Å². The molecule has 0 unspecified atom stereocenters. The summed E-state index contributed by atoms with van der Waals surface area (Å²) in [5.74, 6) is 1.15. The Labute approximate surface area is 142 Å². The fourth-order valence-electron chi connectivity index (χ4n) is 2.01. The van der Waals surface area contributed by atoms with Crippen LogP contribution in [0.25, 0.3) is 5.69 Å². The van der Waals surface area contributed by atoms with E-state index in [1.807, 2.05) is 34.9 Å². The van der Waals surface area contributed by atoms with Gasteiger partial charge in [-0.3, -0.25) is 9.67 Å². The number of aromatic nitrogens is 3. The molecule has 0 atom stereocenters. The van der Waals surface area contributed by atoms with Crippen LogP contribution >= 0.6 is 35.4 Å². The highest BCUT2D eigenvalue weighted by atomic mass is 35.5. The first-order chi connectivity index (χ1) is 10.7. The van der Waals surface area contributed by atoms with Gasteiger partial charge in [-0.25, -0.2) is 0 Å². The standard InChI is InChI=1S/C15H11Cl2N3OS/c16-11-7-4-8-12(14(11)17)21-9-13-18-19-15(22)20(13)10-5-2-1-3-6-10/h1-8H,9H2,(H,19,22). The highest BCUT2D eigenvalue weighted by Crippen LogP contribution is 2.31. The van der Waals surface area contributed by atoms with Crippen LogP contribution in [0, 0.1) is 4.77 Å². The van der Waals surface area contributed by atoms with Crippen molar-refractivity contribution in [1.82, 2.24) is 14.8 Å². The second-order valence-electron chi connectivity index (χ2n) is 4.46. The largest absolute Gasteiger partial charge is 0.484 e.